The summed E-state index contributed by atoms with van der Waals surface area (Å²) in [7, 11) is 0. The summed E-state index contributed by atoms with van der Waals surface area (Å²) in [6.45, 7) is 0.396. The van der Waals surface area contributed by atoms with Gasteiger partial charge in [-0.25, -0.2) is 9.18 Å². The molecule has 1 spiro atoms. The fraction of sp³-hybridized carbons (Fsp3) is 0.800. The molecule has 4 amide bonds. The smallest absolute Gasteiger partial charge is 0.325 e. The number of halogens is 1. The monoisotopic (exact) mass is 327 g/mol. The van der Waals surface area contributed by atoms with Gasteiger partial charge in [0.05, 0.1) is 6.61 Å². The van der Waals surface area contributed by atoms with Crippen molar-refractivity contribution in [3.8, 4) is 0 Å². The van der Waals surface area contributed by atoms with Gasteiger partial charge in [0, 0.05) is 26.1 Å². The van der Waals surface area contributed by atoms with Crippen LogP contribution in [0.4, 0.5) is 9.18 Å². The summed E-state index contributed by atoms with van der Waals surface area (Å²) in [5.74, 6) is -0.392. The fourth-order valence-electron chi connectivity index (χ4n) is 3.60. The molecule has 3 aliphatic rings. The van der Waals surface area contributed by atoms with Crippen molar-refractivity contribution in [2.45, 2.75) is 43.7 Å². The molecule has 128 valence electrons. The van der Waals surface area contributed by atoms with Crippen LogP contribution in [0.15, 0.2) is 0 Å². The summed E-state index contributed by atoms with van der Waals surface area (Å²) >= 11 is 0. The average Bonchev–Trinajstić information content (AvgIpc) is 3.12. The maximum atomic E-state index is 12.7. The third kappa shape index (κ3) is 3.04. The number of alkyl halides is 1. The van der Waals surface area contributed by atoms with Gasteiger partial charge >= 0.3 is 6.03 Å². The minimum Gasteiger partial charge on any atom is -0.372 e. The first-order valence-electron chi connectivity index (χ1n) is 8.15. The summed E-state index contributed by atoms with van der Waals surface area (Å²) < 4.78 is 17.8. The largest absolute Gasteiger partial charge is 0.372 e. The van der Waals surface area contributed by atoms with Gasteiger partial charge in [0.25, 0.3) is 5.91 Å². The highest BCUT2D eigenvalue weighted by Crippen LogP contribution is 2.35. The maximum Gasteiger partial charge on any atom is 0.325 e. The summed E-state index contributed by atoms with van der Waals surface area (Å²) in [6.07, 6.45) is 2.68. The minimum atomic E-state index is -0.738. The third-order valence-electron chi connectivity index (χ3n) is 4.92. The molecule has 0 aromatic heterocycles. The van der Waals surface area contributed by atoms with Crippen molar-refractivity contribution in [2.75, 3.05) is 32.9 Å². The zero-order valence-electron chi connectivity index (χ0n) is 13.1. The minimum absolute atomic E-state index is 0.0637. The average molecular weight is 327 g/mol. The molecule has 8 heteroatoms. The van der Waals surface area contributed by atoms with Crippen molar-refractivity contribution in [1.29, 1.82) is 0 Å². The molecule has 3 rings (SSSR count). The van der Waals surface area contributed by atoms with E-state index in [0.717, 1.165) is 17.7 Å². The Morgan fingerprint density at radius 2 is 2.09 bits per heavy atom. The van der Waals surface area contributed by atoms with E-state index in [1.165, 1.54) is 4.90 Å². The molecule has 1 aliphatic carbocycles. The second-order valence-electron chi connectivity index (χ2n) is 6.41. The van der Waals surface area contributed by atoms with E-state index < -0.39 is 24.3 Å². The molecule has 0 aromatic rings. The SMILES string of the molecule is O=C(CCN1C(=O)NC2(CCCC2)C1=O)N1CCOC(CF)C1. The van der Waals surface area contributed by atoms with Gasteiger partial charge in [-0.3, -0.25) is 14.5 Å². The number of morpholine rings is 1. The van der Waals surface area contributed by atoms with Crippen LogP contribution in [0.5, 0.6) is 0 Å². The molecule has 2 saturated heterocycles. The van der Waals surface area contributed by atoms with Gasteiger partial charge in [-0.2, -0.15) is 0 Å². The van der Waals surface area contributed by atoms with E-state index in [1.807, 2.05) is 0 Å². The number of amides is 4. The molecular weight excluding hydrogens is 305 g/mol. The van der Waals surface area contributed by atoms with Crippen molar-refractivity contribution >= 4 is 17.8 Å². The lowest BCUT2D eigenvalue weighted by Gasteiger charge is -2.32. The van der Waals surface area contributed by atoms with Crippen LogP contribution in [0, 0.1) is 0 Å². The summed E-state index contributed by atoms with van der Waals surface area (Å²) in [6, 6.07) is -0.409. The second-order valence-corrected chi connectivity index (χ2v) is 6.41. The Labute approximate surface area is 134 Å². The summed E-state index contributed by atoms with van der Waals surface area (Å²) in [5.41, 5.74) is -0.738. The number of rotatable bonds is 4. The van der Waals surface area contributed by atoms with Crippen molar-refractivity contribution in [3.05, 3.63) is 0 Å². The number of carbonyl (C=O) groups is 3. The van der Waals surface area contributed by atoms with E-state index in [1.54, 1.807) is 0 Å². The van der Waals surface area contributed by atoms with Gasteiger partial charge in [0.2, 0.25) is 5.91 Å². The van der Waals surface area contributed by atoms with Crippen molar-refractivity contribution in [3.63, 3.8) is 0 Å². The number of ether oxygens (including phenoxy) is 1. The Balaban J connectivity index is 1.54. The van der Waals surface area contributed by atoms with E-state index in [2.05, 4.69) is 5.32 Å². The molecule has 0 bridgehead atoms. The summed E-state index contributed by atoms with van der Waals surface area (Å²) in [5, 5.41) is 2.79. The molecule has 0 radical (unpaired) electrons. The molecule has 0 aromatic carbocycles. The zero-order chi connectivity index (χ0) is 16.4. The molecule has 1 saturated carbocycles. The number of nitrogens with one attached hydrogen (secondary N) is 1. The number of urea groups is 1. The predicted molar refractivity (Wildman–Crippen MR) is 78.4 cm³/mol. The van der Waals surface area contributed by atoms with Crippen molar-refractivity contribution < 1.29 is 23.5 Å². The lowest BCUT2D eigenvalue weighted by molar-refractivity contribution is -0.140. The highest BCUT2D eigenvalue weighted by molar-refractivity contribution is 6.07. The molecule has 1 unspecified atom stereocenters. The van der Waals surface area contributed by atoms with Gasteiger partial charge in [-0.1, -0.05) is 12.8 Å². The Bertz CT molecular complexity index is 507. The molecule has 2 heterocycles. The van der Waals surface area contributed by atoms with Crippen LogP contribution in [0.3, 0.4) is 0 Å². The number of imide groups is 1. The molecule has 23 heavy (non-hydrogen) atoms. The molecule has 7 nitrogen and oxygen atoms in total. The van der Waals surface area contributed by atoms with Crippen molar-refractivity contribution in [2.24, 2.45) is 0 Å². The quantitative estimate of drug-likeness (QED) is 0.760. The highest BCUT2D eigenvalue weighted by Gasteiger charge is 2.52. The van der Waals surface area contributed by atoms with Crippen LogP contribution < -0.4 is 5.32 Å². The maximum absolute atomic E-state index is 12.7. The first-order valence-corrected chi connectivity index (χ1v) is 8.15. The second kappa shape index (κ2) is 6.43. The lowest BCUT2D eigenvalue weighted by Crippen LogP contribution is -2.47. The van der Waals surface area contributed by atoms with Gasteiger partial charge < -0.3 is 15.0 Å². The van der Waals surface area contributed by atoms with E-state index in [9.17, 15) is 18.8 Å². The van der Waals surface area contributed by atoms with Crippen molar-refractivity contribution in [1.82, 2.24) is 15.1 Å². The van der Waals surface area contributed by atoms with Crippen LogP contribution in [0.1, 0.15) is 32.1 Å². The van der Waals surface area contributed by atoms with E-state index >= 15 is 0 Å². The number of hydrogen-bond donors (Lipinski definition) is 1. The first kappa shape index (κ1) is 16.2. The van der Waals surface area contributed by atoms with Crippen LogP contribution in [-0.2, 0) is 14.3 Å². The molecule has 1 N–H and O–H groups in total. The van der Waals surface area contributed by atoms with Crippen LogP contribution >= 0.6 is 0 Å². The number of nitrogens with zero attached hydrogens (tertiary/aromatic N) is 2. The van der Waals surface area contributed by atoms with E-state index in [0.29, 0.717) is 26.0 Å². The van der Waals surface area contributed by atoms with Gasteiger partial charge in [-0.15, -0.1) is 0 Å². The normalized spacial score (nSPS) is 26.9. The Morgan fingerprint density at radius 3 is 2.78 bits per heavy atom. The molecule has 2 aliphatic heterocycles. The Kier molecular flexibility index (Phi) is 4.52. The van der Waals surface area contributed by atoms with Gasteiger partial charge in [0.15, 0.2) is 0 Å². The van der Waals surface area contributed by atoms with E-state index in [-0.39, 0.29) is 31.3 Å². The first-order chi connectivity index (χ1) is 11.1. The highest BCUT2D eigenvalue weighted by atomic mass is 19.1. The van der Waals surface area contributed by atoms with Crippen LogP contribution in [0.2, 0.25) is 0 Å². The Hall–Kier alpha value is -1.70. The summed E-state index contributed by atoms with van der Waals surface area (Å²) in [4.78, 5) is 39.4. The number of carbonyl (C=O) groups excluding carboxylic acids is 3. The predicted octanol–water partition coefficient (Wildman–Crippen LogP) is 0.438. The standard InChI is InChI=1S/C15H22FN3O4/c16-9-11-10-18(7-8-23-11)12(20)3-6-19-13(21)15(17-14(19)22)4-1-2-5-15/h11H,1-10H2,(H,17,22). The third-order valence-corrected chi connectivity index (χ3v) is 4.92. The number of hydrogen-bond acceptors (Lipinski definition) is 4. The zero-order valence-corrected chi connectivity index (χ0v) is 13.1. The van der Waals surface area contributed by atoms with E-state index in [4.69, 9.17) is 4.74 Å². The Morgan fingerprint density at radius 1 is 1.35 bits per heavy atom. The molecular formula is C15H22FN3O4. The van der Waals surface area contributed by atoms with Crippen LogP contribution in [0.25, 0.3) is 0 Å². The lowest BCUT2D eigenvalue weighted by atomic mass is 9.98. The fourth-order valence-corrected chi connectivity index (χ4v) is 3.60. The van der Waals surface area contributed by atoms with Gasteiger partial charge in [0.1, 0.15) is 18.3 Å². The topological polar surface area (TPSA) is 79.0 Å². The molecule has 3 fully saturated rings. The van der Waals surface area contributed by atoms with Crippen LogP contribution in [-0.4, -0.2) is 72.2 Å². The van der Waals surface area contributed by atoms with Gasteiger partial charge in [-0.05, 0) is 12.8 Å². The molecule has 1 atom stereocenters.